The van der Waals surface area contributed by atoms with E-state index in [2.05, 4.69) is 37.6 Å². The molecule has 0 saturated heterocycles. The van der Waals surface area contributed by atoms with E-state index in [1.54, 1.807) is 24.4 Å². The van der Waals surface area contributed by atoms with Gasteiger partial charge < -0.3 is 15.1 Å². The van der Waals surface area contributed by atoms with Gasteiger partial charge in [-0.2, -0.15) is 5.26 Å². The molecule has 0 bridgehead atoms. The molecule has 0 unspecified atom stereocenters. The van der Waals surface area contributed by atoms with Crippen LogP contribution >= 0.6 is 15.9 Å². The van der Waals surface area contributed by atoms with Gasteiger partial charge in [0.15, 0.2) is 5.76 Å². The van der Waals surface area contributed by atoms with Gasteiger partial charge in [-0.05, 0) is 40.2 Å². The number of rotatable bonds is 5. The molecule has 7 heteroatoms. The molecule has 1 aromatic carbocycles. The smallest absolute Gasteiger partial charge is 0.287 e. The number of anilines is 1. The van der Waals surface area contributed by atoms with Crippen LogP contribution < -0.4 is 10.6 Å². The lowest BCUT2D eigenvalue weighted by atomic mass is 10.2. The van der Waals surface area contributed by atoms with Crippen molar-refractivity contribution in [2.75, 3.05) is 18.4 Å². The van der Waals surface area contributed by atoms with Gasteiger partial charge in [0.05, 0.1) is 10.0 Å². The Morgan fingerprint density at radius 3 is 2.96 bits per heavy atom. The first-order valence-corrected chi connectivity index (χ1v) is 8.03. The standard InChI is InChI=1S/C17H13BrN4O2/c18-13-5-1-3-11-9-14(24-15(11)13)17(23)22-8-7-21-16-12(10-19)4-2-6-20-16/h1-6,9H,7-8H2,(H,20,21)(H,22,23). The molecule has 24 heavy (non-hydrogen) atoms. The van der Waals surface area contributed by atoms with Crippen LogP contribution in [0.25, 0.3) is 11.0 Å². The van der Waals surface area contributed by atoms with Crippen LogP contribution in [0.1, 0.15) is 16.1 Å². The summed E-state index contributed by atoms with van der Waals surface area (Å²) >= 11 is 3.39. The zero-order chi connectivity index (χ0) is 16.9. The summed E-state index contributed by atoms with van der Waals surface area (Å²) in [6.45, 7) is 0.819. The van der Waals surface area contributed by atoms with Gasteiger partial charge in [0.2, 0.25) is 0 Å². The van der Waals surface area contributed by atoms with E-state index in [0.29, 0.717) is 30.1 Å². The van der Waals surface area contributed by atoms with Crippen LogP contribution in [0.2, 0.25) is 0 Å². The highest BCUT2D eigenvalue weighted by Crippen LogP contribution is 2.26. The van der Waals surface area contributed by atoms with Crippen LogP contribution in [0.3, 0.4) is 0 Å². The first kappa shape index (κ1) is 16.0. The molecule has 0 aliphatic rings. The zero-order valence-corrected chi connectivity index (χ0v) is 14.1. The number of hydrogen-bond donors (Lipinski definition) is 2. The van der Waals surface area contributed by atoms with Crippen molar-refractivity contribution < 1.29 is 9.21 Å². The third-order valence-electron chi connectivity index (χ3n) is 3.35. The van der Waals surface area contributed by atoms with Crippen LogP contribution in [0.5, 0.6) is 0 Å². The van der Waals surface area contributed by atoms with Crippen LogP contribution in [-0.4, -0.2) is 24.0 Å². The van der Waals surface area contributed by atoms with Crippen LogP contribution in [0.15, 0.2) is 51.5 Å². The van der Waals surface area contributed by atoms with Crippen LogP contribution in [-0.2, 0) is 0 Å². The number of furan rings is 1. The number of carbonyl (C=O) groups excluding carboxylic acids is 1. The van der Waals surface area contributed by atoms with Gasteiger partial charge in [0, 0.05) is 24.7 Å². The number of nitriles is 1. The molecular weight excluding hydrogens is 372 g/mol. The summed E-state index contributed by atoms with van der Waals surface area (Å²) in [5, 5.41) is 15.6. The second-order valence-corrected chi connectivity index (χ2v) is 5.82. The maximum atomic E-state index is 12.1. The van der Waals surface area contributed by atoms with Crippen molar-refractivity contribution in [1.29, 1.82) is 5.26 Å². The summed E-state index contributed by atoms with van der Waals surface area (Å²) in [4.78, 5) is 16.2. The van der Waals surface area contributed by atoms with E-state index < -0.39 is 0 Å². The number of pyridine rings is 1. The minimum absolute atomic E-state index is 0.257. The number of para-hydroxylation sites is 1. The fourth-order valence-corrected chi connectivity index (χ4v) is 2.68. The Balaban J connectivity index is 1.57. The summed E-state index contributed by atoms with van der Waals surface area (Å²) in [5.41, 5.74) is 1.11. The lowest BCUT2D eigenvalue weighted by Gasteiger charge is -2.07. The molecule has 0 spiro atoms. The average Bonchev–Trinajstić information content (AvgIpc) is 3.04. The number of nitrogens with one attached hydrogen (secondary N) is 2. The van der Waals surface area contributed by atoms with Crippen LogP contribution in [0, 0.1) is 11.3 Å². The normalized spacial score (nSPS) is 10.3. The van der Waals surface area contributed by atoms with E-state index in [1.165, 1.54) is 0 Å². The lowest BCUT2D eigenvalue weighted by molar-refractivity contribution is 0.0929. The Morgan fingerprint density at radius 1 is 1.29 bits per heavy atom. The summed E-state index contributed by atoms with van der Waals surface area (Å²) in [6, 6.07) is 12.8. The Labute approximate surface area is 146 Å². The number of hydrogen-bond acceptors (Lipinski definition) is 5. The highest BCUT2D eigenvalue weighted by Gasteiger charge is 2.13. The first-order valence-electron chi connectivity index (χ1n) is 7.24. The number of fused-ring (bicyclic) bond motifs is 1. The second-order valence-electron chi connectivity index (χ2n) is 4.96. The first-order chi connectivity index (χ1) is 11.7. The van der Waals surface area contributed by atoms with Gasteiger partial charge >= 0.3 is 0 Å². The number of carbonyl (C=O) groups is 1. The van der Waals surface area contributed by atoms with Crippen molar-refractivity contribution in [2.24, 2.45) is 0 Å². The van der Waals surface area contributed by atoms with Gasteiger partial charge in [-0.15, -0.1) is 0 Å². The molecule has 120 valence electrons. The van der Waals surface area contributed by atoms with Crippen LogP contribution in [0.4, 0.5) is 5.82 Å². The molecular formula is C17H13BrN4O2. The fourth-order valence-electron chi connectivity index (χ4n) is 2.22. The molecule has 2 aromatic heterocycles. The van der Waals surface area contributed by atoms with Crippen molar-refractivity contribution in [2.45, 2.75) is 0 Å². The molecule has 3 aromatic rings. The summed E-state index contributed by atoms with van der Waals surface area (Å²) in [6.07, 6.45) is 1.61. The third kappa shape index (κ3) is 3.39. The number of benzene rings is 1. The molecule has 1 amide bonds. The van der Waals surface area contributed by atoms with Gasteiger partial charge in [-0.1, -0.05) is 12.1 Å². The molecule has 6 nitrogen and oxygen atoms in total. The van der Waals surface area contributed by atoms with Gasteiger partial charge in [0.25, 0.3) is 5.91 Å². The predicted octanol–water partition coefficient (Wildman–Crippen LogP) is 3.30. The number of aromatic nitrogens is 1. The van der Waals surface area contributed by atoms with Crippen molar-refractivity contribution in [3.05, 3.63) is 58.4 Å². The predicted molar refractivity (Wildman–Crippen MR) is 93.7 cm³/mol. The number of nitrogens with zero attached hydrogens (tertiary/aromatic N) is 2. The van der Waals surface area contributed by atoms with E-state index in [4.69, 9.17) is 9.68 Å². The highest BCUT2D eigenvalue weighted by atomic mass is 79.9. The Morgan fingerprint density at radius 2 is 2.17 bits per heavy atom. The third-order valence-corrected chi connectivity index (χ3v) is 3.98. The lowest BCUT2D eigenvalue weighted by Crippen LogP contribution is -2.28. The monoisotopic (exact) mass is 384 g/mol. The molecule has 2 heterocycles. The minimum atomic E-state index is -0.290. The second kappa shape index (κ2) is 7.15. The topological polar surface area (TPSA) is 91.0 Å². The molecule has 0 radical (unpaired) electrons. The SMILES string of the molecule is N#Cc1cccnc1NCCNC(=O)c1cc2cccc(Br)c2o1. The van der Waals surface area contributed by atoms with E-state index in [9.17, 15) is 4.79 Å². The van der Waals surface area contributed by atoms with E-state index in [-0.39, 0.29) is 11.7 Å². The number of amides is 1. The highest BCUT2D eigenvalue weighted by molar-refractivity contribution is 9.10. The van der Waals surface area contributed by atoms with Crippen molar-refractivity contribution in [3.63, 3.8) is 0 Å². The molecule has 0 aliphatic carbocycles. The summed E-state index contributed by atoms with van der Waals surface area (Å²) < 4.78 is 6.38. The molecule has 2 N–H and O–H groups in total. The molecule has 3 rings (SSSR count). The Hall–Kier alpha value is -2.85. The zero-order valence-electron chi connectivity index (χ0n) is 12.5. The molecule has 0 atom stereocenters. The van der Waals surface area contributed by atoms with E-state index in [0.717, 1.165) is 9.86 Å². The number of halogens is 1. The van der Waals surface area contributed by atoms with Crippen molar-refractivity contribution in [1.82, 2.24) is 10.3 Å². The minimum Gasteiger partial charge on any atom is -0.450 e. The molecule has 0 aliphatic heterocycles. The summed E-state index contributed by atoms with van der Waals surface area (Å²) in [5.74, 6) is 0.468. The largest absolute Gasteiger partial charge is 0.450 e. The summed E-state index contributed by atoms with van der Waals surface area (Å²) in [7, 11) is 0. The van der Waals surface area contributed by atoms with E-state index in [1.807, 2.05) is 18.2 Å². The average molecular weight is 385 g/mol. The Bertz CT molecular complexity index is 930. The maximum Gasteiger partial charge on any atom is 0.287 e. The molecule has 0 saturated carbocycles. The fraction of sp³-hybridized carbons (Fsp3) is 0.118. The van der Waals surface area contributed by atoms with Gasteiger partial charge in [0.1, 0.15) is 17.5 Å². The molecule has 0 fully saturated rings. The van der Waals surface area contributed by atoms with E-state index >= 15 is 0 Å². The van der Waals surface area contributed by atoms with Gasteiger partial charge in [-0.3, -0.25) is 4.79 Å². The van der Waals surface area contributed by atoms with Gasteiger partial charge in [-0.25, -0.2) is 4.98 Å². The van der Waals surface area contributed by atoms with Crippen molar-refractivity contribution >= 4 is 38.6 Å². The Kier molecular flexibility index (Phi) is 4.77. The van der Waals surface area contributed by atoms with Crippen molar-refractivity contribution in [3.8, 4) is 6.07 Å². The maximum absolute atomic E-state index is 12.1. The quantitative estimate of drug-likeness (QED) is 0.658.